The molecule has 1 nitrogen and oxygen atoms in total. The lowest BCUT2D eigenvalue weighted by Gasteiger charge is -2.26. The molecule has 0 saturated carbocycles. The van der Waals surface area contributed by atoms with E-state index < -0.39 is 0 Å². The number of nitrogens with one attached hydrogen (secondary N) is 1. The van der Waals surface area contributed by atoms with Crippen LogP contribution < -0.4 is 5.32 Å². The zero-order chi connectivity index (χ0) is 14.5. The second-order valence-corrected chi connectivity index (χ2v) is 6.92. The zero-order valence-corrected chi connectivity index (χ0v) is 13.4. The van der Waals surface area contributed by atoms with Crippen LogP contribution >= 0.6 is 11.8 Å². The van der Waals surface area contributed by atoms with Crippen molar-refractivity contribution in [2.24, 2.45) is 0 Å². The molecule has 0 amide bonds. The van der Waals surface area contributed by atoms with Crippen molar-refractivity contribution in [2.45, 2.75) is 36.6 Å². The Hall–Kier alpha value is -1.25. The van der Waals surface area contributed by atoms with Crippen molar-refractivity contribution in [2.75, 3.05) is 12.3 Å². The van der Waals surface area contributed by atoms with Crippen LogP contribution in [0.1, 0.15) is 42.9 Å². The summed E-state index contributed by atoms with van der Waals surface area (Å²) in [4.78, 5) is 1.46. The van der Waals surface area contributed by atoms with Crippen molar-refractivity contribution in [3.63, 3.8) is 0 Å². The SMILES string of the molecule is CC(CCNC1CCSc2ccccc21)c1ccccc1. The molecule has 2 atom stereocenters. The second kappa shape index (κ2) is 7.15. The maximum Gasteiger partial charge on any atom is 0.0339 e. The summed E-state index contributed by atoms with van der Waals surface area (Å²) in [5.74, 6) is 1.84. The monoisotopic (exact) mass is 297 g/mol. The molecule has 1 aliphatic heterocycles. The van der Waals surface area contributed by atoms with E-state index in [2.05, 4.69) is 66.8 Å². The average molecular weight is 297 g/mol. The lowest BCUT2D eigenvalue weighted by Crippen LogP contribution is -2.26. The average Bonchev–Trinajstić information content (AvgIpc) is 2.56. The van der Waals surface area contributed by atoms with Gasteiger partial charge in [0.2, 0.25) is 0 Å². The molecule has 0 saturated heterocycles. The van der Waals surface area contributed by atoms with Crippen molar-refractivity contribution in [3.8, 4) is 0 Å². The highest BCUT2D eigenvalue weighted by Gasteiger charge is 2.19. The molecule has 1 aliphatic rings. The Bertz CT molecular complexity index is 567. The lowest BCUT2D eigenvalue weighted by molar-refractivity contribution is 0.486. The molecule has 0 bridgehead atoms. The summed E-state index contributed by atoms with van der Waals surface area (Å²) in [6.07, 6.45) is 2.43. The molecule has 1 N–H and O–H groups in total. The summed E-state index contributed by atoms with van der Waals surface area (Å²) < 4.78 is 0. The highest BCUT2D eigenvalue weighted by Crippen LogP contribution is 2.35. The van der Waals surface area contributed by atoms with Gasteiger partial charge in [-0.3, -0.25) is 0 Å². The van der Waals surface area contributed by atoms with Crippen LogP contribution in [0.4, 0.5) is 0 Å². The smallest absolute Gasteiger partial charge is 0.0339 e. The number of hydrogen-bond donors (Lipinski definition) is 1. The summed E-state index contributed by atoms with van der Waals surface area (Å²) in [5, 5.41) is 3.77. The standard InChI is InChI=1S/C19H23NS/c1-15(16-7-3-2-4-8-16)11-13-20-18-12-14-21-19-10-6-5-9-17(18)19/h2-10,15,18,20H,11-14H2,1H3. The van der Waals surface area contributed by atoms with Crippen molar-refractivity contribution in [1.29, 1.82) is 0 Å². The van der Waals surface area contributed by atoms with E-state index in [0.29, 0.717) is 12.0 Å². The maximum absolute atomic E-state index is 3.77. The summed E-state index contributed by atoms with van der Waals surface area (Å²) in [6, 6.07) is 20.2. The van der Waals surface area contributed by atoms with Crippen molar-refractivity contribution in [1.82, 2.24) is 5.32 Å². The predicted molar refractivity (Wildman–Crippen MR) is 92.0 cm³/mol. The Morgan fingerprint density at radius 3 is 2.71 bits per heavy atom. The fourth-order valence-corrected chi connectivity index (χ4v) is 4.10. The number of fused-ring (bicyclic) bond motifs is 1. The molecule has 2 heteroatoms. The Morgan fingerprint density at radius 1 is 1.10 bits per heavy atom. The van der Waals surface area contributed by atoms with E-state index in [1.807, 2.05) is 11.8 Å². The highest BCUT2D eigenvalue weighted by atomic mass is 32.2. The van der Waals surface area contributed by atoms with Crippen LogP contribution in [0.3, 0.4) is 0 Å². The lowest BCUT2D eigenvalue weighted by atomic mass is 9.97. The van der Waals surface area contributed by atoms with Gasteiger partial charge < -0.3 is 5.32 Å². The Morgan fingerprint density at radius 2 is 1.86 bits per heavy atom. The summed E-state index contributed by atoms with van der Waals surface area (Å²) in [6.45, 7) is 3.40. The molecule has 2 aromatic carbocycles. The minimum Gasteiger partial charge on any atom is -0.310 e. The van der Waals surface area contributed by atoms with Gasteiger partial charge in [0.25, 0.3) is 0 Å². The van der Waals surface area contributed by atoms with Gasteiger partial charge in [-0.15, -0.1) is 11.8 Å². The minimum absolute atomic E-state index is 0.533. The fraction of sp³-hybridized carbons (Fsp3) is 0.368. The van der Waals surface area contributed by atoms with Crippen molar-refractivity contribution >= 4 is 11.8 Å². The number of benzene rings is 2. The quantitative estimate of drug-likeness (QED) is 0.833. The number of hydrogen-bond acceptors (Lipinski definition) is 2. The molecular formula is C19H23NS. The van der Waals surface area contributed by atoms with Gasteiger partial charge in [-0.2, -0.15) is 0 Å². The van der Waals surface area contributed by atoms with Gasteiger partial charge >= 0.3 is 0 Å². The third-order valence-corrected chi connectivity index (χ3v) is 5.42. The van der Waals surface area contributed by atoms with Crippen molar-refractivity contribution in [3.05, 3.63) is 65.7 Å². The van der Waals surface area contributed by atoms with Crippen LogP contribution in [0.25, 0.3) is 0 Å². The molecule has 2 aromatic rings. The van der Waals surface area contributed by atoms with E-state index in [1.165, 1.54) is 34.6 Å². The van der Waals surface area contributed by atoms with Crippen LogP contribution in [0.5, 0.6) is 0 Å². The van der Waals surface area contributed by atoms with Gasteiger partial charge in [0.1, 0.15) is 0 Å². The summed E-state index contributed by atoms with van der Waals surface area (Å²) in [5.41, 5.74) is 2.93. The molecular weight excluding hydrogens is 274 g/mol. The van der Waals surface area contributed by atoms with Crippen LogP contribution in [0.2, 0.25) is 0 Å². The first-order chi connectivity index (χ1) is 10.3. The first-order valence-electron chi connectivity index (χ1n) is 7.84. The van der Waals surface area contributed by atoms with Gasteiger partial charge in [-0.05, 0) is 48.3 Å². The fourth-order valence-electron chi connectivity index (χ4n) is 2.98. The number of thioether (sulfide) groups is 1. The summed E-state index contributed by atoms with van der Waals surface area (Å²) >= 11 is 1.99. The van der Waals surface area contributed by atoms with Gasteiger partial charge in [0, 0.05) is 10.9 Å². The van der Waals surface area contributed by atoms with Gasteiger partial charge in [0.15, 0.2) is 0 Å². The molecule has 0 aliphatic carbocycles. The third-order valence-electron chi connectivity index (χ3n) is 4.30. The molecule has 0 aromatic heterocycles. The van der Waals surface area contributed by atoms with Crippen LogP contribution in [-0.2, 0) is 0 Å². The van der Waals surface area contributed by atoms with E-state index in [4.69, 9.17) is 0 Å². The van der Waals surface area contributed by atoms with Crippen LogP contribution in [0.15, 0.2) is 59.5 Å². The Labute approximate surface area is 132 Å². The molecule has 0 radical (unpaired) electrons. The molecule has 0 fully saturated rings. The maximum atomic E-state index is 3.77. The summed E-state index contributed by atoms with van der Waals surface area (Å²) in [7, 11) is 0. The Kier molecular flexibility index (Phi) is 5.00. The second-order valence-electron chi connectivity index (χ2n) is 5.78. The van der Waals surface area contributed by atoms with E-state index in [-0.39, 0.29) is 0 Å². The van der Waals surface area contributed by atoms with E-state index in [0.717, 1.165) is 6.54 Å². The predicted octanol–water partition coefficient (Wildman–Crippen LogP) is 5.01. The molecule has 21 heavy (non-hydrogen) atoms. The molecule has 110 valence electrons. The molecule has 0 spiro atoms. The largest absolute Gasteiger partial charge is 0.310 e. The topological polar surface area (TPSA) is 12.0 Å². The van der Waals surface area contributed by atoms with Crippen LogP contribution in [0, 0.1) is 0 Å². The first kappa shape index (κ1) is 14.7. The Balaban J connectivity index is 1.55. The molecule has 1 heterocycles. The van der Waals surface area contributed by atoms with Gasteiger partial charge in [-0.1, -0.05) is 55.5 Å². The van der Waals surface area contributed by atoms with Gasteiger partial charge in [0.05, 0.1) is 0 Å². The first-order valence-corrected chi connectivity index (χ1v) is 8.83. The molecule has 3 rings (SSSR count). The van der Waals surface area contributed by atoms with E-state index in [9.17, 15) is 0 Å². The normalized spacial score (nSPS) is 19.0. The highest BCUT2D eigenvalue weighted by molar-refractivity contribution is 7.99. The zero-order valence-electron chi connectivity index (χ0n) is 12.6. The number of rotatable bonds is 5. The van der Waals surface area contributed by atoms with Crippen LogP contribution in [-0.4, -0.2) is 12.3 Å². The third kappa shape index (κ3) is 3.69. The van der Waals surface area contributed by atoms with E-state index in [1.54, 1.807) is 0 Å². The minimum atomic E-state index is 0.533. The van der Waals surface area contributed by atoms with Crippen molar-refractivity contribution < 1.29 is 0 Å². The molecule has 2 unspecified atom stereocenters. The van der Waals surface area contributed by atoms with E-state index >= 15 is 0 Å². The van der Waals surface area contributed by atoms with Gasteiger partial charge in [-0.25, -0.2) is 0 Å².